The number of fused-ring (bicyclic) bond motifs is 1. The van der Waals surface area contributed by atoms with Crippen LogP contribution in [0.2, 0.25) is 0 Å². The van der Waals surface area contributed by atoms with Gasteiger partial charge in [-0.05, 0) is 62.8 Å². The zero-order chi connectivity index (χ0) is 16.7. The van der Waals surface area contributed by atoms with Crippen LogP contribution in [0.5, 0.6) is 0 Å². The van der Waals surface area contributed by atoms with Gasteiger partial charge in [-0.1, -0.05) is 0 Å². The van der Waals surface area contributed by atoms with E-state index in [0.29, 0.717) is 22.4 Å². The summed E-state index contributed by atoms with van der Waals surface area (Å²) in [5.74, 6) is -0.0322. The number of hydrogen-bond acceptors (Lipinski definition) is 3. The predicted molar refractivity (Wildman–Crippen MR) is 106 cm³/mol. The zero-order valence-electron chi connectivity index (χ0n) is 14.4. The molecule has 0 unspecified atom stereocenters. The highest BCUT2D eigenvalue weighted by Crippen LogP contribution is 2.40. The summed E-state index contributed by atoms with van der Waals surface area (Å²) in [6.07, 6.45) is 5.90. The Kier molecular flexibility index (Phi) is 6.83. The van der Waals surface area contributed by atoms with Crippen LogP contribution in [0, 0.1) is 5.82 Å². The smallest absolute Gasteiger partial charge is 0.252 e. The van der Waals surface area contributed by atoms with E-state index in [4.69, 9.17) is 5.73 Å². The Labute approximate surface area is 164 Å². The van der Waals surface area contributed by atoms with Gasteiger partial charge < -0.3 is 11.1 Å². The van der Waals surface area contributed by atoms with Crippen molar-refractivity contribution in [1.29, 1.82) is 0 Å². The molecular formula is C19H24Cl2FN3O. The highest BCUT2D eigenvalue weighted by Gasteiger charge is 2.28. The zero-order valence-corrected chi connectivity index (χ0v) is 16.0. The quantitative estimate of drug-likeness (QED) is 0.816. The van der Waals surface area contributed by atoms with Crippen LogP contribution in [0.15, 0.2) is 24.3 Å². The Bertz CT molecular complexity index is 790. The van der Waals surface area contributed by atoms with Gasteiger partial charge in [0.2, 0.25) is 0 Å². The van der Waals surface area contributed by atoms with Gasteiger partial charge in [0, 0.05) is 29.1 Å². The summed E-state index contributed by atoms with van der Waals surface area (Å²) in [5, 5.41) is 3.70. The molecule has 1 aromatic carbocycles. The number of nitrogens with two attached hydrogens (primary N) is 1. The molecule has 26 heavy (non-hydrogen) atoms. The Morgan fingerprint density at radius 3 is 2.42 bits per heavy atom. The first-order chi connectivity index (χ1) is 11.6. The fraction of sp³-hybridized carbons (Fsp3) is 0.474. The average Bonchev–Trinajstić information content (AvgIpc) is 3.41. The second-order valence-corrected chi connectivity index (χ2v) is 7.12. The first-order valence-corrected chi connectivity index (χ1v) is 8.77. The molecule has 0 aliphatic heterocycles. The monoisotopic (exact) mass is 399 g/mol. The largest absolute Gasteiger partial charge is 0.349 e. The first kappa shape index (κ1) is 20.9. The molecule has 1 heterocycles. The van der Waals surface area contributed by atoms with Crippen molar-refractivity contribution in [3.8, 4) is 0 Å². The molecule has 0 spiro atoms. The van der Waals surface area contributed by atoms with Crippen LogP contribution in [0.1, 0.15) is 60.5 Å². The second-order valence-electron chi connectivity index (χ2n) is 7.12. The molecule has 4 rings (SSSR count). The third-order valence-corrected chi connectivity index (χ3v) is 5.14. The van der Waals surface area contributed by atoms with E-state index in [0.717, 1.165) is 44.2 Å². The Balaban J connectivity index is 0.00000121. The minimum absolute atomic E-state index is 0. The molecule has 2 aliphatic rings. The molecule has 0 bridgehead atoms. The summed E-state index contributed by atoms with van der Waals surface area (Å²) in [6.45, 7) is 0. The third-order valence-electron chi connectivity index (χ3n) is 5.14. The number of pyridine rings is 1. The molecule has 142 valence electrons. The lowest BCUT2D eigenvalue weighted by Crippen LogP contribution is -2.40. The first-order valence-electron chi connectivity index (χ1n) is 8.77. The van der Waals surface area contributed by atoms with Gasteiger partial charge in [0.1, 0.15) is 5.82 Å². The highest BCUT2D eigenvalue weighted by atomic mass is 35.5. The van der Waals surface area contributed by atoms with Crippen molar-refractivity contribution in [2.75, 3.05) is 0 Å². The highest BCUT2D eigenvalue weighted by molar-refractivity contribution is 6.06. The number of nitrogens with one attached hydrogen (secondary N) is 1. The van der Waals surface area contributed by atoms with Gasteiger partial charge in [-0.15, -0.1) is 24.8 Å². The normalized spacial score (nSPS) is 22.2. The van der Waals surface area contributed by atoms with Gasteiger partial charge in [0.05, 0.1) is 11.1 Å². The molecule has 0 radical (unpaired) electrons. The van der Waals surface area contributed by atoms with Crippen LogP contribution in [0.25, 0.3) is 10.9 Å². The van der Waals surface area contributed by atoms with Gasteiger partial charge in [0.25, 0.3) is 5.91 Å². The maximum Gasteiger partial charge on any atom is 0.252 e. The number of rotatable bonds is 3. The summed E-state index contributed by atoms with van der Waals surface area (Å²) >= 11 is 0. The van der Waals surface area contributed by atoms with Gasteiger partial charge in [-0.25, -0.2) is 4.39 Å². The van der Waals surface area contributed by atoms with Crippen molar-refractivity contribution in [3.05, 3.63) is 41.3 Å². The SMILES string of the molecule is Cl.Cl.NC1CCC(NC(=O)c2cc(C3CC3)nc3ccc(F)cc23)CC1. The number of carbonyl (C=O) groups excluding carboxylic acids is 1. The number of benzene rings is 1. The van der Waals surface area contributed by atoms with Crippen LogP contribution in [0.3, 0.4) is 0 Å². The molecule has 0 atom stereocenters. The van der Waals surface area contributed by atoms with Crippen LogP contribution in [-0.2, 0) is 0 Å². The summed E-state index contributed by atoms with van der Waals surface area (Å²) in [5.41, 5.74) is 8.11. The van der Waals surface area contributed by atoms with E-state index >= 15 is 0 Å². The summed E-state index contributed by atoms with van der Waals surface area (Å²) in [7, 11) is 0. The average molecular weight is 400 g/mol. The Morgan fingerprint density at radius 1 is 1.08 bits per heavy atom. The number of amides is 1. The van der Waals surface area contributed by atoms with Crippen molar-refractivity contribution in [3.63, 3.8) is 0 Å². The van der Waals surface area contributed by atoms with E-state index in [1.54, 1.807) is 6.07 Å². The number of hydrogen-bond donors (Lipinski definition) is 2. The van der Waals surface area contributed by atoms with E-state index in [2.05, 4.69) is 10.3 Å². The van der Waals surface area contributed by atoms with Crippen molar-refractivity contribution in [2.24, 2.45) is 5.73 Å². The van der Waals surface area contributed by atoms with E-state index in [-0.39, 0.29) is 48.6 Å². The van der Waals surface area contributed by atoms with Crippen molar-refractivity contribution < 1.29 is 9.18 Å². The summed E-state index contributed by atoms with van der Waals surface area (Å²) in [6, 6.07) is 6.71. The fourth-order valence-electron chi connectivity index (χ4n) is 3.52. The van der Waals surface area contributed by atoms with Gasteiger partial charge in [0.15, 0.2) is 0 Å². The van der Waals surface area contributed by atoms with E-state index < -0.39 is 0 Å². The van der Waals surface area contributed by atoms with Crippen molar-refractivity contribution in [2.45, 2.75) is 56.5 Å². The molecule has 4 nitrogen and oxygen atoms in total. The van der Waals surface area contributed by atoms with Crippen LogP contribution in [-0.4, -0.2) is 23.0 Å². The van der Waals surface area contributed by atoms with Crippen LogP contribution in [0.4, 0.5) is 4.39 Å². The number of carbonyl (C=O) groups is 1. The standard InChI is InChI=1S/C19H22FN3O.2ClH/c20-12-3-8-17-15(9-12)16(10-18(23-17)11-1-2-11)19(24)22-14-6-4-13(21)5-7-14;;/h3,8-11,13-14H,1-2,4-7,21H2,(H,22,24);2*1H. The van der Waals surface area contributed by atoms with Gasteiger partial charge in [-0.3, -0.25) is 9.78 Å². The van der Waals surface area contributed by atoms with Gasteiger partial charge >= 0.3 is 0 Å². The number of nitrogens with zero attached hydrogens (tertiary/aromatic N) is 1. The summed E-state index contributed by atoms with van der Waals surface area (Å²) < 4.78 is 13.7. The molecule has 0 saturated heterocycles. The lowest BCUT2D eigenvalue weighted by atomic mass is 9.91. The predicted octanol–water partition coefficient (Wildman–Crippen LogP) is 4.09. The topological polar surface area (TPSA) is 68.0 Å². The maximum atomic E-state index is 13.7. The third kappa shape index (κ3) is 4.45. The number of halogens is 3. The van der Waals surface area contributed by atoms with Crippen LogP contribution < -0.4 is 11.1 Å². The van der Waals surface area contributed by atoms with E-state index in [1.807, 2.05) is 6.07 Å². The minimum Gasteiger partial charge on any atom is -0.349 e. The maximum absolute atomic E-state index is 13.7. The number of aromatic nitrogens is 1. The molecule has 2 fully saturated rings. The fourth-order valence-corrected chi connectivity index (χ4v) is 3.52. The van der Waals surface area contributed by atoms with Crippen LogP contribution >= 0.6 is 24.8 Å². The van der Waals surface area contributed by atoms with E-state index in [1.165, 1.54) is 12.1 Å². The molecule has 7 heteroatoms. The molecule has 2 aliphatic carbocycles. The molecule has 2 aromatic rings. The molecule has 1 amide bonds. The lowest BCUT2D eigenvalue weighted by molar-refractivity contribution is 0.0927. The minimum atomic E-state index is -0.346. The molecular weight excluding hydrogens is 376 g/mol. The van der Waals surface area contributed by atoms with Crippen molar-refractivity contribution >= 4 is 41.6 Å². The van der Waals surface area contributed by atoms with Gasteiger partial charge in [-0.2, -0.15) is 0 Å². The Hall–Kier alpha value is -1.43. The summed E-state index contributed by atoms with van der Waals surface area (Å²) in [4.78, 5) is 17.4. The lowest BCUT2D eigenvalue weighted by Gasteiger charge is -2.27. The van der Waals surface area contributed by atoms with E-state index in [9.17, 15) is 9.18 Å². The molecule has 1 aromatic heterocycles. The van der Waals surface area contributed by atoms with Crippen molar-refractivity contribution in [1.82, 2.24) is 10.3 Å². The Morgan fingerprint density at radius 2 is 1.77 bits per heavy atom. The molecule has 2 saturated carbocycles. The second kappa shape index (κ2) is 8.51. The molecule has 3 N–H and O–H groups in total.